The van der Waals surface area contributed by atoms with Crippen LogP contribution in [0.3, 0.4) is 0 Å². The van der Waals surface area contributed by atoms with Crippen LogP contribution in [-0.2, 0) is 11.3 Å². The van der Waals surface area contributed by atoms with Crippen LogP contribution in [0.5, 0.6) is 0 Å². The summed E-state index contributed by atoms with van der Waals surface area (Å²) >= 11 is 5.90. The minimum Gasteiger partial charge on any atom is -0.480 e. The minimum atomic E-state index is -1.07. The molecule has 1 aliphatic heterocycles. The van der Waals surface area contributed by atoms with Gasteiger partial charge in [-0.15, -0.1) is 10.2 Å². The number of benzene rings is 1. The fourth-order valence-corrected chi connectivity index (χ4v) is 3.57. The number of ketones is 1. The monoisotopic (exact) mass is 445 g/mol. The Morgan fingerprint density at radius 3 is 2.58 bits per heavy atom. The average molecular weight is 446 g/mol. The fourth-order valence-electron chi connectivity index (χ4n) is 3.39. The molecule has 31 heavy (non-hydrogen) atoms. The van der Waals surface area contributed by atoms with Gasteiger partial charge in [-0.05, 0) is 36.3 Å². The number of aliphatic carboxylic acids is 1. The number of halogens is 2. The first-order chi connectivity index (χ1) is 14.9. The Hall–Kier alpha value is -3.47. The van der Waals surface area contributed by atoms with E-state index in [1.54, 1.807) is 0 Å². The number of tetrazole rings is 1. The average Bonchev–Trinajstić information content (AvgIpc) is 3.23. The predicted octanol–water partition coefficient (Wildman–Crippen LogP) is 2.11. The van der Waals surface area contributed by atoms with Crippen molar-refractivity contribution in [2.45, 2.75) is 19.4 Å². The van der Waals surface area contributed by atoms with E-state index in [1.807, 2.05) is 4.90 Å². The van der Waals surface area contributed by atoms with Gasteiger partial charge in [-0.1, -0.05) is 11.6 Å². The summed E-state index contributed by atoms with van der Waals surface area (Å²) in [7, 11) is 0. The van der Waals surface area contributed by atoms with E-state index in [4.69, 9.17) is 16.7 Å². The number of carbonyl (C=O) groups excluding carboxylic acids is 1. The number of carbonyl (C=O) groups is 2. The molecule has 10 nitrogen and oxygen atoms in total. The van der Waals surface area contributed by atoms with Crippen LogP contribution in [0.1, 0.15) is 23.2 Å². The first-order valence-corrected chi connectivity index (χ1v) is 9.85. The molecule has 1 aliphatic rings. The lowest BCUT2D eigenvalue weighted by Crippen LogP contribution is -2.37. The zero-order valence-electron chi connectivity index (χ0n) is 16.1. The molecule has 0 spiro atoms. The van der Waals surface area contributed by atoms with Gasteiger partial charge in [0.25, 0.3) is 0 Å². The summed E-state index contributed by atoms with van der Waals surface area (Å²) in [6.45, 7) is 0.703. The highest BCUT2D eigenvalue weighted by atomic mass is 35.5. The van der Waals surface area contributed by atoms with Gasteiger partial charge in [0, 0.05) is 36.4 Å². The largest absolute Gasteiger partial charge is 0.480 e. The number of nitrogens with zero attached hydrogens (tertiary/aromatic N) is 7. The Balaban J connectivity index is 1.39. The molecule has 12 heteroatoms. The number of hydrogen-bond donors (Lipinski definition) is 1. The summed E-state index contributed by atoms with van der Waals surface area (Å²) in [6.07, 6.45) is 4.15. The summed E-state index contributed by atoms with van der Waals surface area (Å²) < 4.78 is 14.0. The number of rotatable bonds is 6. The van der Waals surface area contributed by atoms with Gasteiger partial charge < -0.3 is 10.0 Å². The Labute approximate surface area is 180 Å². The molecule has 0 atom stereocenters. The molecule has 1 N–H and O–H groups in total. The summed E-state index contributed by atoms with van der Waals surface area (Å²) in [5.74, 6) is -1.47. The van der Waals surface area contributed by atoms with Crippen LogP contribution in [0.4, 0.5) is 10.3 Å². The first-order valence-electron chi connectivity index (χ1n) is 9.47. The van der Waals surface area contributed by atoms with Crippen LogP contribution >= 0.6 is 11.6 Å². The number of anilines is 1. The van der Waals surface area contributed by atoms with Gasteiger partial charge in [-0.3, -0.25) is 9.59 Å². The van der Waals surface area contributed by atoms with Crippen molar-refractivity contribution in [2.24, 2.45) is 5.92 Å². The fraction of sp³-hybridized carbons (Fsp3) is 0.316. The van der Waals surface area contributed by atoms with Crippen LogP contribution in [0.15, 0.2) is 30.6 Å². The lowest BCUT2D eigenvalue weighted by molar-refractivity contribution is -0.138. The highest BCUT2D eigenvalue weighted by Crippen LogP contribution is 2.26. The molecule has 0 unspecified atom stereocenters. The SMILES string of the molecule is O=C(O)Cn1nnc(-c2cnc(N3CCC(C(=O)c4cc(Cl)ccc4F)CC3)nc2)n1. The minimum absolute atomic E-state index is 0.0231. The molecule has 0 bridgehead atoms. The van der Waals surface area contributed by atoms with Crippen molar-refractivity contribution >= 4 is 29.3 Å². The molecule has 1 saturated heterocycles. The van der Waals surface area contributed by atoms with Gasteiger partial charge in [0.15, 0.2) is 12.3 Å². The van der Waals surface area contributed by atoms with Crippen LogP contribution in [0, 0.1) is 11.7 Å². The summed E-state index contributed by atoms with van der Waals surface area (Å²) in [6, 6.07) is 3.99. The molecular formula is C19H17ClFN7O3. The quantitative estimate of drug-likeness (QED) is 0.567. The van der Waals surface area contributed by atoms with Gasteiger partial charge in [0.1, 0.15) is 5.82 Å². The summed E-state index contributed by atoms with van der Waals surface area (Å²) in [4.78, 5) is 34.9. The van der Waals surface area contributed by atoms with Crippen molar-refractivity contribution in [3.8, 4) is 11.4 Å². The van der Waals surface area contributed by atoms with Gasteiger partial charge in [0.2, 0.25) is 11.8 Å². The first kappa shape index (κ1) is 20.8. The Kier molecular flexibility index (Phi) is 5.85. The third-order valence-corrected chi connectivity index (χ3v) is 5.20. The lowest BCUT2D eigenvalue weighted by Gasteiger charge is -2.31. The number of Topliss-reactive ketones (excluding diaryl/α,β-unsaturated/α-hetero) is 1. The van der Waals surface area contributed by atoms with Crippen molar-refractivity contribution in [3.63, 3.8) is 0 Å². The van der Waals surface area contributed by atoms with E-state index in [2.05, 4.69) is 25.4 Å². The summed E-state index contributed by atoms with van der Waals surface area (Å²) in [5.41, 5.74) is 0.525. The van der Waals surface area contributed by atoms with Gasteiger partial charge in [-0.2, -0.15) is 4.80 Å². The second-order valence-corrected chi connectivity index (χ2v) is 7.50. The van der Waals surface area contributed by atoms with Crippen molar-refractivity contribution in [3.05, 3.63) is 47.0 Å². The molecule has 160 valence electrons. The van der Waals surface area contributed by atoms with E-state index < -0.39 is 18.3 Å². The normalized spacial score (nSPS) is 14.6. The molecule has 1 fully saturated rings. The third kappa shape index (κ3) is 4.66. The zero-order valence-corrected chi connectivity index (χ0v) is 16.9. The van der Waals surface area contributed by atoms with E-state index in [9.17, 15) is 14.0 Å². The van der Waals surface area contributed by atoms with Crippen LogP contribution in [0.2, 0.25) is 5.02 Å². The van der Waals surface area contributed by atoms with E-state index in [-0.39, 0.29) is 23.1 Å². The van der Waals surface area contributed by atoms with Crippen molar-refractivity contribution in [1.82, 2.24) is 30.2 Å². The van der Waals surface area contributed by atoms with Crippen LogP contribution in [-0.4, -0.2) is 60.1 Å². The number of aromatic nitrogens is 6. The Morgan fingerprint density at radius 1 is 1.19 bits per heavy atom. The van der Waals surface area contributed by atoms with Gasteiger partial charge in [-0.25, -0.2) is 14.4 Å². The molecule has 2 aromatic heterocycles. The smallest absolute Gasteiger partial charge is 0.327 e. The Morgan fingerprint density at radius 2 is 1.90 bits per heavy atom. The molecule has 3 heterocycles. The van der Waals surface area contributed by atoms with Crippen molar-refractivity contribution in [1.29, 1.82) is 0 Å². The predicted molar refractivity (Wildman–Crippen MR) is 107 cm³/mol. The van der Waals surface area contributed by atoms with Crippen molar-refractivity contribution < 1.29 is 19.1 Å². The molecule has 4 rings (SSSR count). The van der Waals surface area contributed by atoms with E-state index in [0.717, 1.165) is 4.80 Å². The maximum absolute atomic E-state index is 14.0. The lowest BCUT2D eigenvalue weighted by atomic mass is 9.89. The second-order valence-electron chi connectivity index (χ2n) is 7.06. The molecule has 3 aromatic rings. The zero-order chi connectivity index (χ0) is 22.0. The maximum atomic E-state index is 14.0. The molecule has 0 radical (unpaired) electrons. The number of carboxylic acid groups (broad SMARTS) is 1. The Bertz CT molecular complexity index is 1110. The molecular weight excluding hydrogens is 429 g/mol. The molecule has 0 saturated carbocycles. The van der Waals surface area contributed by atoms with E-state index in [1.165, 1.54) is 30.6 Å². The number of piperidine rings is 1. The summed E-state index contributed by atoms with van der Waals surface area (Å²) in [5, 5.41) is 20.5. The van der Waals surface area contributed by atoms with Crippen LogP contribution in [0.25, 0.3) is 11.4 Å². The van der Waals surface area contributed by atoms with Crippen molar-refractivity contribution in [2.75, 3.05) is 18.0 Å². The van der Waals surface area contributed by atoms with E-state index in [0.29, 0.717) is 42.5 Å². The molecule has 1 aromatic carbocycles. The number of carboxylic acids is 1. The standard InChI is InChI=1S/C19H17ClFN7O3/c20-13-1-2-15(21)14(7-13)17(31)11-3-5-27(6-4-11)19-22-8-12(9-23-19)18-24-26-28(25-18)10-16(29)30/h1-2,7-9,11H,3-6,10H2,(H,29,30). The maximum Gasteiger partial charge on any atom is 0.327 e. The highest BCUT2D eigenvalue weighted by molar-refractivity contribution is 6.31. The van der Waals surface area contributed by atoms with E-state index >= 15 is 0 Å². The van der Waals surface area contributed by atoms with Gasteiger partial charge >= 0.3 is 5.97 Å². The topological polar surface area (TPSA) is 127 Å². The number of hydrogen-bond acceptors (Lipinski definition) is 8. The molecule has 0 aliphatic carbocycles. The second kappa shape index (κ2) is 8.72. The highest BCUT2D eigenvalue weighted by Gasteiger charge is 2.28. The van der Waals surface area contributed by atoms with Gasteiger partial charge in [0.05, 0.1) is 11.1 Å². The van der Waals surface area contributed by atoms with Crippen LogP contribution < -0.4 is 4.90 Å². The molecule has 0 amide bonds. The third-order valence-electron chi connectivity index (χ3n) is 4.97.